The van der Waals surface area contributed by atoms with Crippen molar-refractivity contribution in [2.45, 2.75) is 25.9 Å². The first-order valence-corrected chi connectivity index (χ1v) is 9.02. The molecular weight excluding hydrogens is 402 g/mol. The Balaban J connectivity index is 0.00000205. The van der Waals surface area contributed by atoms with E-state index in [4.69, 9.17) is 11.6 Å². The van der Waals surface area contributed by atoms with Gasteiger partial charge in [0.15, 0.2) is 0 Å². The van der Waals surface area contributed by atoms with Crippen LogP contribution in [0.25, 0.3) is 21.9 Å². The molecule has 11 heteroatoms. The molecule has 0 amide bonds. The molecule has 4 aromatic rings. The number of aromatic nitrogens is 7. The molecule has 1 unspecified atom stereocenters. The van der Waals surface area contributed by atoms with Crippen LogP contribution in [-0.2, 0) is 6.54 Å². The van der Waals surface area contributed by atoms with Gasteiger partial charge in [-0.2, -0.15) is 0 Å². The number of rotatable bonds is 3. The number of likely N-dealkylation sites (tertiary alicyclic amines) is 1. The van der Waals surface area contributed by atoms with Crippen molar-refractivity contribution in [2.75, 3.05) is 20.1 Å². The summed E-state index contributed by atoms with van der Waals surface area (Å²) >= 11 is 6.19. The predicted octanol–water partition coefficient (Wildman–Crippen LogP) is 3.03. The van der Waals surface area contributed by atoms with Crippen LogP contribution in [0.4, 0.5) is 8.78 Å². The van der Waals surface area contributed by atoms with Gasteiger partial charge >= 0.3 is 0 Å². The van der Waals surface area contributed by atoms with Gasteiger partial charge in [-0.1, -0.05) is 19.0 Å². The minimum Gasteiger partial charge on any atom is -0.315 e. The number of nitrogens with zero attached hydrogens (tertiary/aromatic N) is 8. The molecule has 3 aromatic heterocycles. The fourth-order valence-electron chi connectivity index (χ4n) is 3.87. The van der Waals surface area contributed by atoms with Crippen molar-refractivity contribution in [3.05, 3.63) is 41.6 Å². The lowest BCUT2D eigenvalue weighted by Gasteiger charge is -2.22. The van der Waals surface area contributed by atoms with Crippen LogP contribution in [0.15, 0.2) is 30.7 Å². The highest BCUT2D eigenvalue weighted by atomic mass is 35.5. The van der Waals surface area contributed by atoms with Crippen LogP contribution in [0.5, 0.6) is 0 Å². The lowest BCUT2D eigenvalue weighted by molar-refractivity contribution is -0.0202. The van der Waals surface area contributed by atoms with Gasteiger partial charge in [0, 0.05) is 17.0 Å². The number of imidazole rings is 1. The summed E-state index contributed by atoms with van der Waals surface area (Å²) in [6, 6.07) is 4.17. The van der Waals surface area contributed by atoms with Gasteiger partial charge in [0.2, 0.25) is 0 Å². The maximum absolute atomic E-state index is 14.9. The minimum atomic E-state index is -2.91. The van der Waals surface area contributed by atoms with E-state index in [0.717, 1.165) is 0 Å². The van der Waals surface area contributed by atoms with Gasteiger partial charge in [0.05, 0.1) is 23.8 Å². The zero-order valence-corrected chi connectivity index (χ0v) is 15.6. The van der Waals surface area contributed by atoms with Gasteiger partial charge in [-0.25, -0.2) is 18.4 Å². The fourth-order valence-corrected chi connectivity index (χ4v) is 4.04. The number of alkyl halides is 2. The first-order valence-electron chi connectivity index (χ1n) is 8.64. The smallest absolute Gasteiger partial charge is 0.282 e. The summed E-state index contributed by atoms with van der Waals surface area (Å²) in [6.45, 7) is 0.0525. The average molecular weight is 421 g/mol. The van der Waals surface area contributed by atoms with Crippen LogP contribution >= 0.6 is 11.6 Å². The normalized spacial score (nSPS) is 19.1. The summed E-state index contributed by atoms with van der Waals surface area (Å²) in [5, 5.41) is 12.3. The van der Waals surface area contributed by atoms with Crippen molar-refractivity contribution in [3.63, 3.8) is 0 Å². The SMILES string of the molecule is C.CN1CC(n2c(Cn3cnnn3)nc3cnc4ccc(Cl)cc4c32)C(F)(F)C1. The Labute approximate surface area is 170 Å². The van der Waals surface area contributed by atoms with Gasteiger partial charge in [-0.15, -0.1) is 5.10 Å². The Morgan fingerprint density at radius 1 is 1.28 bits per heavy atom. The quantitative estimate of drug-likeness (QED) is 0.507. The highest BCUT2D eigenvalue weighted by molar-refractivity contribution is 6.31. The van der Waals surface area contributed by atoms with Gasteiger partial charge in [0.25, 0.3) is 5.92 Å². The minimum absolute atomic E-state index is 0. The van der Waals surface area contributed by atoms with Gasteiger partial charge in [-0.3, -0.25) is 9.88 Å². The molecule has 1 fully saturated rings. The molecule has 5 rings (SSSR count). The number of tetrazole rings is 1. The second-order valence-electron chi connectivity index (χ2n) is 7.03. The molecule has 8 nitrogen and oxygen atoms in total. The fraction of sp³-hybridized carbons (Fsp3) is 0.389. The Morgan fingerprint density at radius 2 is 2.10 bits per heavy atom. The van der Waals surface area contributed by atoms with E-state index in [1.54, 1.807) is 40.9 Å². The molecule has 0 spiro atoms. The molecule has 0 saturated carbocycles. The summed E-state index contributed by atoms with van der Waals surface area (Å²) in [7, 11) is 1.69. The highest BCUT2D eigenvalue weighted by Gasteiger charge is 2.49. The number of pyridine rings is 1. The second-order valence-corrected chi connectivity index (χ2v) is 7.47. The van der Waals surface area contributed by atoms with E-state index in [1.807, 2.05) is 0 Å². The molecule has 1 aliphatic heterocycles. The molecule has 1 aliphatic rings. The summed E-state index contributed by atoms with van der Waals surface area (Å²) < 4.78 is 32.9. The third kappa shape index (κ3) is 3.22. The lowest BCUT2D eigenvalue weighted by Crippen LogP contribution is -2.31. The largest absolute Gasteiger partial charge is 0.315 e. The van der Waals surface area contributed by atoms with Crippen LogP contribution in [0.2, 0.25) is 5.02 Å². The molecule has 29 heavy (non-hydrogen) atoms. The summed E-state index contributed by atoms with van der Waals surface area (Å²) in [5.74, 6) is -2.47. The van der Waals surface area contributed by atoms with Crippen molar-refractivity contribution in [3.8, 4) is 0 Å². The van der Waals surface area contributed by atoms with Crippen LogP contribution in [0.1, 0.15) is 19.3 Å². The number of benzene rings is 1. The van der Waals surface area contributed by atoms with Crippen molar-refractivity contribution in [1.29, 1.82) is 0 Å². The van der Waals surface area contributed by atoms with E-state index in [-0.39, 0.29) is 27.1 Å². The Hall–Kier alpha value is -2.72. The summed E-state index contributed by atoms with van der Waals surface area (Å²) in [4.78, 5) is 10.6. The zero-order chi connectivity index (χ0) is 19.5. The molecule has 4 heterocycles. The van der Waals surface area contributed by atoms with E-state index in [0.29, 0.717) is 32.8 Å². The Kier molecular flexibility index (Phi) is 4.70. The first-order chi connectivity index (χ1) is 13.4. The highest BCUT2D eigenvalue weighted by Crippen LogP contribution is 2.40. The second kappa shape index (κ2) is 6.96. The van der Waals surface area contributed by atoms with E-state index in [2.05, 4.69) is 25.5 Å². The van der Waals surface area contributed by atoms with E-state index < -0.39 is 12.0 Å². The topological polar surface area (TPSA) is 77.5 Å². The lowest BCUT2D eigenvalue weighted by atomic mass is 10.1. The van der Waals surface area contributed by atoms with E-state index in [9.17, 15) is 8.78 Å². The van der Waals surface area contributed by atoms with Gasteiger partial charge < -0.3 is 4.57 Å². The van der Waals surface area contributed by atoms with Crippen LogP contribution in [0, 0.1) is 0 Å². The van der Waals surface area contributed by atoms with Crippen molar-refractivity contribution in [2.24, 2.45) is 0 Å². The monoisotopic (exact) mass is 420 g/mol. The molecule has 0 bridgehead atoms. The maximum atomic E-state index is 14.9. The molecule has 1 saturated heterocycles. The molecule has 0 radical (unpaired) electrons. The molecule has 1 aromatic carbocycles. The number of fused-ring (bicyclic) bond motifs is 3. The van der Waals surface area contributed by atoms with Gasteiger partial charge in [0.1, 0.15) is 30.3 Å². The predicted molar refractivity (Wildman–Crippen MR) is 105 cm³/mol. The molecule has 0 N–H and O–H groups in total. The molecular formula is C18H19ClF2N8. The summed E-state index contributed by atoms with van der Waals surface area (Å²) in [6.07, 6.45) is 3.03. The van der Waals surface area contributed by atoms with E-state index in [1.165, 1.54) is 11.0 Å². The van der Waals surface area contributed by atoms with Crippen molar-refractivity contribution < 1.29 is 8.78 Å². The maximum Gasteiger partial charge on any atom is 0.282 e. The number of likely N-dealkylation sites (N-methyl/N-ethyl adjacent to an activating group) is 1. The average Bonchev–Trinajstić information content (AvgIpc) is 3.32. The van der Waals surface area contributed by atoms with Crippen LogP contribution in [-0.4, -0.2) is 65.7 Å². The van der Waals surface area contributed by atoms with E-state index >= 15 is 0 Å². The molecule has 0 aliphatic carbocycles. The first kappa shape index (κ1) is 19.6. The third-order valence-corrected chi connectivity index (χ3v) is 5.25. The van der Waals surface area contributed by atoms with Gasteiger partial charge in [-0.05, 0) is 35.7 Å². The molecule has 152 valence electrons. The van der Waals surface area contributed by atoms with Crippen LogP contribution in [0.3, 0.4) is 0 Å². The number of hydrogen-bond donors (Lipinski definition) is 0. The molecule has 1 atom stereocenters. The summed E-state index contributed by atoms with van der Waals surface area (Å²) in [5.41, 5.74) is 1.79. The van der Waals surface area contributed by atoms with Crippen molar-refractivity contribution in [1.82, 2.24) is 39.6 Å². The standard InChI is InChI=1S/C17H15ClF2N8.CH4/c1-26-6-14(17(19,20)8-26)28-15(7-27-9-22-24-25-27)23-13-5-21-12-3-2-10(18)4-11(12)16(13)28;/h2-5,9,14H,6-8H2,1H3;1H4. The number of halogens is 3. The van der Waals surface area contributed by atoms with Crippen LogP contribution < -0.4 is 0 Å². The van der Waals surface area contributed by atoms with Crippen molar-refractivity contribution >= 4 is 33.5 Å². The zero-order valence-electron chi connectivity index (χ0n) is 14.8. The number of hydrogen-bond acceptors (Lipinski definition) is 6. The Bertz CT molecular complexity index is 1170. The Morgan fingerprint density at radius 3 is 2.79 bits per heavy atom. The third-order valence-electron chi connectivity index (χ3n) is 5.01.